The Labute approximate surface area is 103 Å². The van der Waals surface area contributed by atoms with Crippen LogP contribution in [-0.4, -0.2) is 27.1 Å². The van der Waals surface area contributed by atoms with Crippen LogP contribution in [0, 0.1) is 0 Å². The summed E-state index contributed by atoms with van der Waals surface area (Å²) in [4.78, 5) is 4.38. The summed E-state index contributed by atoms with van der Waals surface area (Å²) in [5.41, 5.74) is 2.42. The molecule has 0 fully saturated rings. The third kappa shape index (κ3) is 2.10. The van der Waals surface area contributed by atoms with Gasteiger partial charge in [-0.15, -0.1) is 5.10 Å². The van der Waals surface area contributed by atoms with Gasteiger partial charge in [0, 0.05) is 7.11 Å². The van der Waals surface area contributed by atoms with E-state index in [0.717, 1.165) is 16.8 Å². The second-order valence-electron chi connectivity index (χ2n) is 3.92. The van der Waals surface area contributed by atoms with E-state index in [2.05, 4.69) is 15.3 Å². The Kier molecular flexibility index (Phi) is 2.77. The summed E-state index contributed by atoms with van der Waals surface area (Å²) >= 11 is 0. The van der Waals surface area contributed by atoms with Crippen LogP contribution in [0.2, 0.25) is 0 Å². The van der Waals surface area contributed by atoms with Crippen molar-refractivity contribution >= 4 is 11.1 Å². The fraction of sp³-hybridized carbons (Fsp3) is 0.250. The fourth-order valence-corrected chi connectivity index (χ4v) is 1.76. The summed E-state index contributed by atoms with van der Waals surface area (Å²) in [6.45, 7) is 0.916. The van der Waals surface area contributed by atoms with Gasteiger partial charge >= 0.3 is 0 Å². The quantitative estimate of drug-likeness (QED) is 0.697. The number of rotatable bonds is 4. The average Bonchev–Trinajstić information content (AvgIpc) is 2.96. The number of ether oxygens (including phenoxy) is 1. The third-order valence-electron chi connectivity index (χ3n) is 2.51. The first kappa shape index (κ1) is 10.9. The van der Waals surface area contributed by atoms with Crippen molar-refractivity contribution in [3.05, 3.63) is 42.0 Å². The topological polar surface area (TPSA) is 66.0 Å². The van der Waals surface area contributed by atoms with E-state index in [0.29, 0.717) is 19.0 Å². The van der Waals surface area contributed by atoms with E-state index in [1.807, 2.05) is 30.5 Å². The van der Waals surface area contributed by atoms with Crippen molar-refractivity contribution in [1.29, 1.82) is 0 Å². The van der Waals surface area contributed by atoms with Gasteiger partial charge in [0.05, 0.1) is 12.8 Å². The third-order valence-corrected chi connectivity index (χ3v) is 2.51. The van der Waals surface area contributed by atoms with Crippen molar-refractivity contribution in [3.8, 4) is 0 Å². The Morgan fingerprint density at radius 1 is 1.33 bits per heavy atom. The molecule has 0 atom stereocenters. The number of hydrogen-bond donors (Lipinski definition) is 0. The standard InChI is InChI=1S/C12H12N4O2/c1-17-8-9-6-16(15-14-9)7-12-13-10-4-2-3-5-11(10)18-12/h2-6H,7-8H2,1H3. The van der Waals surface area contributed by atoms with E-state index in [9.17, 15) is 0 Å². The van der Waals surface area contributed by atoms with Crippen LogP contribution < -0.4 is 0 Å². The minimum atomic E-state index is 0.452. The monoisotopic (exact) mass is 244 g/mol. The Hall–Kier alpha value is -2.21. The molecule has 0 radical (unpaired) electrons. The number of methoxy groups -OCH3 is 1. The van der Waals surface area contributed by atoms with E-state index in [1.54, 1.807) is 11.8 Å². The van der Waals surface area contributed by atoms with Gasteiger partial charge in [-0.3, -0.25) is 0 Å². The molecule has 3 aromatic rings. The van der Waals surface area contributed by atoms with Crippen LogP contribution in [0.4, 0.5) is 0 Å². The predicted molar refractivity (Wildman–Crippen MR) is 63.8 cm³/mol. The van der Waals surface area contributed by atoms with Crippen molar-refractivity contribution in [2.75, 3.05) is 7.11 Å². The molecule has 0 spiro atoms. The van der Waals surface area contributed by atoms with E-state index in [-0.39, 0.29) is 0 Å². The minimum Gasteiger partial charge on any atom is -0.439 e. The van der Waals surface area contributed by atoms with Crippen LogP contribution in [-0.2, 0) is 17.9 Å². The number of fused-ring (bicyclic) bond motifs is 1. The molecule has 0 aliphatic carbocycles. The summed E-state index contributed by atoms with van der Waals surface area (Å²) in [6, 6.07) is 7.66. The van der Waals surface area contributed by atoms with Gasteiger partial charge in [-0.2, -0.15) is 0 Å². The lowest BCUT2D eigenvalue weighted by molar-refractivity contribution is 0.181. The molecule has 3 rings (SSSR count). The van der Waals surface area contributed by atoms with Gasteiger partial charge in [0.2, 0.25) is 5.89 Å². The molecule has 0 aliphatic heterocycles. The Morgan fingerprint density at radius 3 is 3.06 bits per heavy atom. The smallest absolute Gasteiger partial charge is 0.217 e. The number of oxazole rings is 1. The summed E-state index contributed by atoms with van der Waals surface area (Å²) in [5, 5.41) is 7.96. The van der Waals surface area contributed by atoms with Gasteiger partial charge in [-0.25, -0.2) is 9.67 Å². The molecule has 1 aromatic carbocycles. The van der Waals surface area contributed by atoms with Gasteiger partial charge in [0.25, 0.3) is 0 Å². The Bertz CT molecular complexity index is 626. The molecule has 6 heteroatoms. The zero-order chi connectivity index (χ0) is 12.4. The number of aromatic nitrogens is 4. The molecule has 0 bridgehead atoms. The maximum absolute atomic E-state index is 5.61. The van der Waals surface area contributed by atoms with Gasteiger partial charge in [-0.1, -0.05) is 17.3 Å². The molecule has 2 heterocycles. The maximum atomic E-state index is 5.61. The van der Waals surface area contributed by atoms with Crippen LogP contribution in [0.1, 0.15) is 11.6 Å². The molecule has 92 valence electrons. The summed E-state index contributed by atoms with van der Waals surface area (Å²) < 4.78 is 12.3. The number of hydrogen-bond acceptors (Lipinski definition) is 5. The predicted octanol–water partition coefficient (Wildman–Crippen LogP) is 1.61. The molecule has 6 nitrogen and oxygen atoms in total. The van der Waals surface area contributed by atoms with Crippen molar-refractivity contribution in [3.63, 3.8) is 0 Å². The molecule has 0 saturated carbocycles. The highest BCUT2D eigenvalue weighted by Gasteiger charge is 2.07. The fourth-order valence-electron chi connectivity index (χ4n) is 1.76. The first-order valence-corrected chi connectivity index (χ1v) is 5.57. The van der Waals surface area contributed by atoms with Gasteiger partial charge in [0.15, 0.2) is 5.58 Å². The lowest BCUT2D eigenvalue weighted by Crippen LogP contribution is -2.00. The van der Waals surface area contributed by atoms with Gasteiger partial charge in [-0.05, 0) is 12.1 Å². The number of benzene rings is 1. The molecule has 0 amide bonds. The molecule has 0 aliphatic rings. The van der Waals surface area contributed by atoms with Crippen molar-refractivity contribution in [2.24, 2.45) is 0 Å². The first-order chi connectivity index (χ1) is 8.85. The minimum absolute atomic E-state index is 0.452. The summed E-state index contributed by atoms with van der Waals surface area (Å²) in [6.07, 6.45) is 1.82. The molecule has 18 heavy (non-hydrogen) atoms. The normalized spacial score (nSPS) is 11.2. The largest absolute Gasteiger partial charge is 0.439 e. The highest BCUT2D eigenvalue weighted by atomic mass is 16.5. The highest BCUT2D eigenvalue weighted by Crippen LogP contribution is 2.15. The van der Waals surface area contributed by atoms with E-state index in [1.165, 1.54) is 0 Å². The molecule has 2 aromatic heterocycles. The van der Waals surface area contributed by atoms with Gasteiger partial charge < -0.3 is 9.15 Å². The Morgan fingerprint density at radius 2 is 2.22 bits per heavy atom. The molecule has 0 unspecified atom stereocenters. The van der Waals surface area contributed by atoms with Crippen molar-refractivity contribution in [2.45, 2.75) is 13.2 Å². The van der Waals surface area contributed by atoms with Crippen LogP contribution in [0.5, 0.6) is 0 Å². The number of para-hydroxylation sites is 2. The summed E-state index contributed by atoms with van der Waals surface area (Å²) in [5.74, 6) is 0.616. The Balaban J connectivity index is 1.82. The lowest BCUT2D eigenvalue weighted by atomic mass is 10.3. The van der Waals surface area contributed by atoms with Crippen LogP contribution in [0.15, 0.2) is 34.9 Å². The molecular weight excluding hydrogens is 232 g/mol. The average molecular weight is 244 g/mol. The zero-order valence-corrected chi connectivity index (χ0v) is 9.91. The highest BCUT2D eigenvalue weighted by molar-refractivity contribution is 5.72. The summed E-state index contributed by atoms with van der Waals surface area (Å²) in [7, 11) is 1.62. The second-order valence-corrected chi connectivity index (χ2v) is 3.92. The molecular formula is C12H12N4O2. The maximum Gasteiger partial charge on any atom is 0.217 e. The van der Waals surface area contributed by atoms with Crippen molar-refractivity contribution in [1.82, 2.24) is 20.0 Å². The molecule has 0 N–H and O–H groups in total. The SMILES string of the molecule is COCc1cn(Cc2nc3ccccc3o2)nn1. The zero-order valence-electron chi connectivity index (χ0n) is 9.91. The second kappa shape index (κ2) is 4.58. The first-order valence-electron chi connectivity index (χ1n) is 5.57. The molecule has 0 saturated heterocycles. The lowest BCUT2D eigenvalue weighted by Gasteiger charge is -1.93. The number of nitrogens with zero attached hydrogens (tertiary/aromatic N) is 4. The van der Waals surface area contributed by atoms with E-state index in [4.69, 9.17) is 9.15 Å². The van der Waals surface area contributed by atoms with Crippen LogP contribution in [0.3, 0.4) is 0 Å². The van der Waals surface area contributed by atoms with Crippen LogP contribution >= 0.6 is 0 Å². The van der Waals surface area contributed by atoms with Crippen LogP contribution in [0.25, 0.3) is 11.1 Å². The van der Waals surface area contributed by atoms with Crippen molar-refractivity contribution < 1.29 is 9.15 Å². The van der Waals surface area contributed by atoms with E-state index >= 15 is 0 Å². The van der Waals surface area contributed by atoms with Gasteiger partial charge in [0.1, 0.15) is 17.8 Å². The van der Waals surface area contributed by atoms with E-state index < -0.39 is 0 Å².